The van der Waals surface area contributed by atoms with Crippen molar-refractivity contribution >= 4 is 12.0 Å². The lowest BCUT2D eigenvalue weighted by atomic mass is 10.1. The van der Waals surface area contributed by atoms with Gasteiger partial charge in [-0.1, -0.05) is 0 Å². The second-order valence-electron chi connectivity index (χ2n) is 5.47. The molecule has 1 unspecified atom stereocenters. The van der Waals surface area contributed by atoms with Gasteiger partial charge >= 0.3 is 12.0 Å². The topological polar surface area (TPSA) is 82.8 Å². The maximum atomic E-state index is 12.3. The SMILES string of the molecule is Cc1cc(C(C)NC(=O)N(CCC(=O)O)C(C)C)c(C)o1. The van der Waals surface area contributed by atoms with Gasteiger partial charge in [-0.2, -0.15) is 0 Å². The number of carboxylic acid groups (broad SMARTS) is 1. The van der Waals surface area contributed by atoms with Crippen molar-refractivity contribution in [3.8, 4) is 0 Å². The summed E-state index contributed by atoms with van der Waals surface area (Å²) in [4.78, 5) is 24.5. The Bertz CT molecular complexity index is 508. The number of carbonyl (C=O) groups excluding carboxylic acids is 1. The highest BCUT2D eigenvalue weighted by atomic mass is 16.4. The summed E-state index contributed by atoms with van der Waals surface area (Å²) in [5.41, 5.74) is 0.933. The summed E-state index contributed by atoms with van der Waals surface area (Å²) in [6.45, 7) is 9.51. The van der Waals surface area contributed by atoms with Crippen LogP contribution in [-0.4, -0.2) is 34.6 Å². The molecular formula is C15H24N2O4. The summed E-state index contributed by atoms with van der Waals surface area (Å²) in [5, 5.41) is 11.6. The van der Waals surface area contributed by atoms with Crippen LogP contribution < -0.4 is 5.32 Å². The van der Waals surface area contributed by atoms with Gasteiger partial charge < -0.3 is 19.7 Å². The van der Waals surface area contributed by atoms with Crippen molar-refractivity contribution < 1.29 is 19.1 Å². The van der Waals surface area contributed by atoms with Crippen LogP contribution in [0.25, 0.3) is 0 Å². The molecule has 0 radical (unpaired) electrons. The summed E-state index contributed by atoms with van der Waals surface area (Å²) in [6.07, 6.45) is -0.0656. The Morgan fingerprint density at radius 1 is 1.33 bits per heavy atom. The van der Waals surface area contributed by atoms with E-state index in [1.165, 1.54) is 4.90 Å². The maximum absolute atomic E-state index is 12.3. The van der Waals surface area contributed by atoms with Gasteiger partial charge in [0.2, 0.25) is 0 Å². The molecule has 0 aromatic carbocycles. The molecule has 0 aliphatic carbocycles. The summed E-state index contributed by atoms with van der Waals surface area (Å²) in [6, 6.07) is 1.37. The van der Waals surface area contributed by atoms with E-state index in [4.69, 9.17) is 9.52 Å². The van der Waals surface area contributed by atoms with E-state index >= 15 is 0 Å². The van der Waals surface area contributed by atoms with Crippen molar-refractivity contribution in [3.63, 3.8) is 0 Å². The highest BCUT2D eigenvalue weighted by molar-refractivity contribution is 5.76. The molecule has 1 aromatic heterocycles. The summed E-state index contributed by atoms with van der Waals surface area (Å²) in [5.74, 6) is 0.667. The van der Waals surface area contributed by atoms with Gasteiger partial charge in [0.25, 0.3) is 0 Å². The maximum Gasteiger partial charge on any atom is 0.318 e. The van der Waals surface area contributed by atoms with Gasteiger partial charge in [0.1, 0.15) is 11.5 Å². The Morgan fingerprint density at radius 3 is 2.38 bits per heavy atom. The first kappa shape index (κ1) is 17.1. The minimum atomic E-state index is -0.914. The molecule has 6 heteroatoms. The zero-order chi connectivity index (χ0) is 16.2. The number of hydrogen-bond donors (Lipinski definition) is 2. The third kappa shape index (κ3) is 4.81. The smallest absolute Gasteiger partial charge is 0.318 e. The fourth-order valence-electron chi connectivity index (χ4n) is 2.24. The Labute approximate surface area is 125 Å². The molecule has 2 amide bonds. The molecule has 21 heavy (non-hydrogen) atoms. The number of rotatable bonds is 6. The highest BCUT2D eigenvalue weighted by Gasteiger charge is 2.21. The van der Waals surface area contributed by atoms with E-state index in [0.717, 1.165) is 17.1 Å². The molecule has 0 aliphatic rings. The van der Waals surface area contributed by atoms with Crippen molar-refractivity contribution in [2.45, 2.75) is 53.1 Å². The third-order valence-electron chi connectivity index (χ3n) is 3.34. The van der Waals surface area contributed by atoms with Gasteiger partial charge in [-0.15, -0.1) is 0 Å². The first-order valence-electron chi connectivity index (χ1n) is 7.08. The normalized spacial score (nSPS) is 12.3. The predicted octanol–water partition coefficient (Wildman–Crippen LogP) is 2.85. The molecule has 0 spiro atoms. The van der Waals surface area contributed by atoms with E-state index in [2.05, 4.69) is 5.32 Å². The van der Waals surface area contributed by atoms with Crippen LogP contribution in [0.1, 0.15) is 50.3 Å². The molecule has 0 saturated heterocycles. The number of nitrogens with one attached hydrogen (secondary N) is 1. The van der Waals surface area contributed by atoms with Gasteiger partial charge in [0.15, 0.2) is 0 Å². The fourth-order valence-corrected chi connectivity index (χ4v) is 2.24. The number of aliphatic carboxylic acids is 1. The van der Waals surface area contributed by atoms with Gasteiger partial charge in [-0.25, -0.2) is 4.79 Å². The zero-order valence-electron chi connectivity index (χ0n) is 13.3. The summed E-state index contributed by atoms with van der Waals surface area (Å²) in [7, 11) is 0. The third-order valence-corrected chi connectivity index (χ3v) is 3.34. The quantitative estimate of drug-likeness (QED) is 0.845. The van der Waals surface area contributed by atoms with Gasteiger partial charge in [0, 0.05) is 18.2 Å². The number of carboxylic acids is 1. The molecule has 2 N–H and O–H groups in total. The van der Waals surface area contributed by atoms with Crippen LogP contribution in [-0.2, 0) is 4.79 Å². The lowest BCUT2D eigenvalue weighted by Crippen LogP contribution is -2.45. The number of furan rings is 1. The van der Waals surface area contributed by atoms with Crippen molar-refractivity contribution in [1.82, 2.24) is 10.2 Å². The van der Waals surface area contributed by atoms with Crippen molar-refractivity contribution in [3.05, 3.63) is 23.2 Å². The lowest BCUT2D eigenvalue weighted by molar-refractivity contribution is -0.137. The number of carbonyl (C=O) groups is 2. The zero-order valence-corrected chi connectivity index (χ0v) is 13.3. The largest absolute Gasteiger partial charge is 0.481 e. The molecule has 1 aromatic rings. The van der Waals surface area contributed by atoms with Crippen LogP contribution in [0.15, 0.2) is 10.5 Å². The second kappa shape index (κ2) is 7.15. The summed E-state index contributed by atoms with van der Waals surface area (Å²) < 4.78 is 5.46. The van der Waals surface area contributed by atoms with Crippen LogP contribution in [0.4, 0.5) is 4.79 Å². The average Bonchev–Trinajstić information content (AvgIpc) is 2.67. The van der Waals surface area contributed by atoms with E-state index in [-0.39, 0.29) is 31.1 Å². The second-order valence-corrected chi connectivity index (χ2v) is 5.47. The molecule has 0 saturated carbocycles. The molecule has 0 aliphatic heterocycles. The Balaban J connectivity index is 2.72. The first-order chi connectivity index (χ1) is 9.72. The van der Waals surface area contributed by atoms with E-state index in [9.17, 15) is 9.59 Å². The minimum Gasteiger partial charge on any atom is -0.481 e. The van der Waals surface area contributed by atoms with Gasteiger partial charge in [0.05, 0.1) is 12.5 Å². The highest BCUT2D eigenvalue weighted by Crippen LogP contribution is 2.21. The fraction of sp³-hybridized carbons (Fsp3) is 0.600. The Morgan fingerprint density at radius 2 is 1.95 bits per heavy atom. The first-order valence-corrected chi connectivity index (χ1v) is 7.08. The van der Waals surface area contributed by atoms with Crippen LogP contribution >= 0.6 is 0 Å². The molecule has 0 bridgehead atoms. The molecule has 1 atom stereocenters. The standard InChI is InChI=1S/C15H24N2O4/c1-9(2)17(7-6-14(18)19)15(20)16-11(4)13-8-10(3)21-12(13)5/h8-9,11H,6-7H2,1-5H3,(H,16,20)(H,18,19). The number of hydrogen-bond acceptors (Lipinski definition) is 3. The molecule has 1 rings (SSSR count). The number of nitrogens with zero attached hydrogens (tertiary/aromatic N) is 1. The van der Waals surface area contributed by atoms with E-state index in [0.29, 0.717) is 0 Å². The van der Waals surface area contributed by atoms with Crippen LogP contribution in [0.5, 0.6) is 0 Å². The molecule has 1 heterocycles. The van der Waals surface area contributed by atoms with Crippen molar-refractivity contribution in [2.75, 3.05) is 6.54 Å². The lowest BCUT2D eigenvalue weighted by Gasteiger charge is -2.28. The average molecular weight is 296 g/mol. The van der Waals surface area contributed by atoms with Gasteiger partial charge in [-0.3, -0.25) is 4.79 Å². The van der Waals surface area contributed by atoms with Crippen molar-refractivity contribution in [2.24, 2.45) is 0 Å². The van der Waals surface area contributed by atoms with Crippen LogP contribution in [0.2, 0.25) is 0 Å². The molecule has 0 fully saturated rings. The number of urea groups is 1. The van der Waals surface area contributed by atoms with E-state index < -0.39 is 5.97 Å². The van der Waals surface area contributed by atoms with Gasteiger partial charge in [-0.05, 0) is 40.7 Å². The van der Waals surface area contributed by atoms with Crippen LogP contribution in [0, 0.1) is 13.8 Å². The molecule has 118 valence electrons. The molecule has 6 nitrogen and oxygen atoms in total. The monoisotopic (exact) mass is 296 g/mol. The number of aryl methyl sites for hydroxylation is 2. The van der Waals surface area contributed by atoms with Crippen LogP contribution in [0.3, 0.4) is 0 Å². The van der Waals surface area contributed by atoms with E-state index in [1.54, 1.807) is 0 Å². The van der Waals surface area contributed by atoms with Crippen molar-refractivity contribution in [1.29, 1.82) is 0 Å². The molecular weight excluding hydrogens is 272 g/mol. The summed E-state index contributed by atoms with van der Waals surface area (Å²) >= 11 is 0. The Kier molecular flexibility index (Phi) is 5.81. The Hall–Kier alpha value is -1.98. The van der Waals surface area contributed by atoms with E-state index in [1.807, 2.05) is 40.7 Å². The predicted molar refractivity (Wildman–Crippen MR) is 79.2 cm³/mol. The number of amides is 2. The minimum absolute atomic E-state index is 0.0656.